The Morgan fingerprint density at radius 1 is 0.923 bits per heavy atom. The quantitative estimate of drug-likeness (QED) is 0.266. The number of benzene rings is 3. The van der Waals surface area contributed by atoms with E-state index in [-0.39, 0.29) is 22.4 Å². The van der Waals surface area contributed by atoms with Gasteiger partial charge in [-0.3, -0.25) is 4.79 Å². The monoisotopic (exact) mass is 564 g/mol. The zero-order valence-corrected chi connectivity index (χ0v) is 22.9. The normalized spacial score (nSPS) is 14.3. The highest BCUT2D eigenvalue weighted by atomic mass is 32.2. The van der Waals surface area contributed by atoms with Crippen LogP contribution < -0.4 is 5.32 Å². The third-order valence-electron chi connectivity index (χ3n) is 6.57. The van der Waals surface area contributed by atoms with E-state index in [4.69, 9.17) is 0 Å². The maximum absolute atomic E-state index is 13.5. The minimum Gasteiger partial charge on any atom is -0.325 e. The van der Waals surface area contributed by atoms with E-state index < -0.39 is 10.0 Å². The Balaban J connectivity index is 1.26. The number of anilines is 1. The van der Waals surface area contributed by atoms with E-state index in [1.807, 2.05) is 34.9 Å². The molecule has 1 saturated heterocycles. The molecule has 0 bridgehead atoms. The van der Waals surface area contributed by atoms with Crippen molar-refractivity contribution >= 4 is 33.4 Å². The molecule has 202 valence electrons. The van der Waals surface area contributed by atoms with Gasteiger partial charge in [0.15, 0.2) is 5.16 Å². The van der Waals surface area contributed by atoms with Gasteiger partial charge < -0.3 is 9.88 Å². The molecule has 1 amide bonds. The number of nitrogens with one attached hydrogen (secondary N) is 1. The number of hydrogen-bond donors (Lipinski definition) is 1. The highest BCUT2D eigenvalue weighted by Crippen LogP contribution is 2.28. The van der Waals surface area contributed by atoms with E-state index in [0.717, 1.165) is 36.1 Å². The lowest BCUT2D eigenvalue weighted by molar-refractivity contribution is -0.113. The van der Waals surface area contributed by atoms with Gasteiger partial charge in [-0.05, 0) is 72.5 Å². The molecule has 2 heterocycles. The Hall–Kier alpha value is -3.47. The molecule has 1 aromatic heterocycles. The summed E-state index contributed by atoms with van der Waals surface area (Å²) in [6.45, 7) is 1.63. The Labute approximate surface area is 232 Å². The molecule has 1 N–H and O–H groups in total. The number of rotatable bonds is 9. The average molecular weight is 565 g/mol. The predicted octanol–water partition coefficient (Wildman–Crippen LogP) is 5.64. The number of thioether (sulfide) groups is 1. The molecule has 1 aliphatic heterocycles. The lowest BCUT2D eigenvalue weighted by Gasteiger charge is -2.25. The largest absolute Gasteiger partial charge is 0.325 e. The SMILES string of the molecule is O=C(CSc1ncc(-c2ccc(F)cc2)n1Cc1ccccc1)Nc1ccc(S(=O)(=O)N2CCCCC2)cc1. The number of hydrogen-bond acceptors (Lipinski definition) is 5. The Morgan fingerprint density at radius 2 is 1.62 bits per heavy atom. The first kappa shape index (κ1) is 27.1. The van der Waals surface area contributed by atoms with E-state index in [1.165, 1.54) is 40.3 Å². The summed E-state index contributed by atoms with van der Waals surface area (Å²) in [5, 5.41) is 3.50. The highest BCUT2D eigenvalue weighted by Gasteiger charge is 2.25. The molecular weight excluding hydrogens is 535 g/mol. The summed E-state index contributed by atoms with van der Waals surface area (Å²) in [5.74, 6) is -0.428. The maximum atomic E-state index is 13.5. The molecule has 1 aliphatic rings. The van der Waals surface area contributed by atoms with E-state index >= 15 is 0 Å². The van der Waals surface area contributed by atoms with Crippen LogP contribution >= 0.6 is 11.8 Å². The summed E-state index contributed by atoms with van der Waals surface area (Å²) < 4.78 is 42.8. The summed E-state index contributed by atoms with van der Waals surface area (Å²) in [7, 11) is -3.52. The lowest BCUT2D eigenvalue weighted by Crippen LogP contribution is -2.35. The molecule has 4 aromatic rings. The highest BCUT2D eigenvalue weighted by molar-refractivity contribution is 7.99. The number of aromatic nitrogens is 2. The van der Waals surface area contributed by atoms with Crippen LogP contribution in [-0.4, -0.2) is 47.0 Å². The van der Waals surface area contributed by atoms with Gasteiger partial charge in [0, 0.05) is 18.8 Å². The number of piperidine rings is 1. The molecule has 0 saturated carbocycles. The van der Waals surface area contributed by atoms with Crippen LogP contribution in [0.3, 0.4) is 0 Å². The number of carbonyl (C=O) groups excluding carboxylic acids is 1. The molecule has 10 heteroatoms. The van der Waals surface area contributed by atoms with Crippen molar-refractivity contribution < 1.29 is 17.6 Å². The average Bonchev–Trinajstić information content (AvgIpc) is 3.35. The third-order valence-corrected chi connectivity index (χ3v) is 9.47. The van der Waals surface area contributed by atoms with Crippen molar-refractivity contribution in [3.8, 4) is 11.3 Å². The summed E-state index contributed by atoms with van der Waals surface area (Å²) in [6, 6.07) is 22.5. The van der Waals surface area contributed by atoms with E-state index in [9.17, 15) is 17.6 Å². The van der Waals surface area contributed by atoms with E-state index in [1.54, 1.807) is 30.5 Å². The van der Waals surface area contributed by atoms with Crippen molar-refractivity contribution in [2.24, 2.45) is 0 Å². The van der Waals surface area contributed by atoms with Crippen LogP contribution in [0.15, 0.2) is 95.1 Å². The van der Waals surface area contributed by atoms with Crippen LogP contribution in [0.25, 0.3) is 11.3 Å². The first-order valence-electron chi connectivity index (χ1n) is 12.8. The molecule has 3 aromatic carbocycles. The molecule has 0 atom stereocenters. The van der Waals surface area contributed by atoms with Crippen molar-refractivity contribution in [1.82, 2.24) is 13.9 Å². The van der Waals surface area contributed by atoms with Crippen LogP contribution in [0.1, 0.15) is 24.8 Å². The minimum absolute atomic E-state index is 0.114. The van der Waals surface area contributed by atoms with Gasteiger partial charge >= 0.3 is 0 Å². The van der Waals surface area contributed by atoms with Crippen LogP contribution in [0.2, 0.25) is 0 Å². The molecule has 0 aliphatic carbocycles. The van der Waals surface area contributed by atoms with Crippen molar-refractivity contribution in [1.29, 1.82) is 0 Å². The van der Waals surface area contributed by atoms with Crippen LogP contribution in [0.5, 0.6) is 0 Å². The Morgan fingerprint density at radius 3 is 2.31 bits per heavy atom. The summed E-state index contributed by atoms with van der Waals surface area (Å²) in [4.78, 5) is 17.5. The number of sulfonamides is 1. The predicted molar refractivity (Wildman–Crippen MR) is 152 cm³/mol. The fourth-order valence-electron chi connectivity index (χ4n) is 4.54. The smallest absolute Gasteiger partial charge is 0.243 e. The number of halogens is 1. The standard InChI is InChI=1S/C29H29FN4O3S2/c30-24-11-9-23(10-12-24)27-19-31-29(34(27)20-22-7-3-1-4-8-22)38-21-28(35)32-25-13-15-26(16-14-25)39(36,37)33-17-5-2-6-18-33/h1,3-4,7-16,19H,2,5-6,17-18,20-21H2,(H,32,35). The van der Waals surface area contributed by atoms with Gasteiger partial charge in [-0.25, -0.2) is 17.8 Å². The zero-order chi connectivity index (χ0) is 27.2. The summed E-state index contributed by atoms with van der Waals surface area (Å²) >= 11 is 1.30. The second kappa shape index (κ2) is 12.1. The number of amides is 1. The molecule has 7 nitrogen and oxygen atoms in total. The Kier molecular flexibility index (Phi) is 8.44. The molecule has 5 rings (SSSR count). The number of carbonyl (C=O) groups is 1. The van der Waals surface area contributed by atoms with Crippen molar-refractivity contribution in [3.63, 3.8) is 0 Å². The van der Waals surface area contributed by atoms with E-state index in [0.29, 0.717) is 30.5 Å². The van der Waals surface area contributed by atoms with Gasteiger partial charge in [-0.1, -0.05) is 48.5 Å². The third kappa shape index (κ3) is 6.58. The van der Waals surface area contributed by atoms with Gasteiger partial charge in [0.25, 0.3) is 0 Å². The van der Waals surface area contributed by atoms with Gasteiger partial charge in [0.1, 0.15) is 5.82 Å². The minimum atomic E-state index is -3.52. The van der Waals surface area contributed by atoms with Gasteiger partial charge in [0.2, 0.25) is 15.9 Å². The summed E-state index contributed by atoms with van der Waals surface area (Å²) in [6.07, 6.45) is 4.53. The van der Waals surface area contributed by atoms with Gasteiger partial charge in [0.05, 0.1) is 29.1 Å². The molecule has 39 heavy (non-hydrogen) atoms. The van der Waals surface area contributed by atoms with Gasteiger partial charge in [-0.2, -0.15) is 4.31 Å². The molecule has 1 fully saturated rings. The Bertz CT molecular complexity index is 1520. The van der Waals surface area contributed by atoms with Crippen molar-refractivity contribution in [3.05, 3.63) is 96.4 Å². The van der Waals surface area contributed by atoms with E-state index in [2.05, 4.69) is 10.3 Å². The molecular formula is C29H29FN4O3S2. The van der Waals surface area contributed by atoms with Crippen LogP contribution in [0.4, 0.5) is 10.1 Å². The fraction of sp³-hybridized carbons (Fsp3) is 0.241. The molecule has 0 spiro atoms. The topological polar surface area (TPSA) is 84.3 Å². The second-order valence-electron chi connectivity index (χ2n) is 9.33. The number of imidazole rings is 1. The van der Waals surface area contributed by atoms with Crippen LogP contribution in [0, 0.1) is 5.82 Å². The molecule has 0 unspecified atom stereocenters. The number of nitrogens with zero attached hydrogens (tertiary/aromatic N) is 3. The zero-order valence-electron chi connectivity index (χ0n) is 21.3. The second-order valence-corrected chi connectivity index (χ2v) is 12.2. The lowest BCUT2D eigenvalue weighted by atomic mass is 10.1. The maximum Gasteiger partial charge on any atom is 0.243 e. The van der Waals surface area contributed by atoms with Crippen molar-refractivity contribution in [2.75, 3.05) is 24.2 Å². The van der Waals surface area contributed by atoms with Gasteiger partial charge in [-0.15, -0.1) is 0 Å². The summed E-state index contributed by atoms with van der Waals surface area (Å²) in [5.41, 5.74) is 3.26. The van der Waals surface area contributed by atoms with Crippen LogP contribution in [-0.2, 0) is 21.4 Å². The molecule has 0 radical (unpaired) electrons. The fourth-order valence-corrected chi connectivity index (χ4v) is 6.83. The van der Waals surface area contributed by atoms with Crippen molar-refractivity contribution in [2.45, 2.75) is 35.9 Å². The first-order chi connectivity index (χ1) is 18.9. The first-order valence-corrected chi connectivity index (χ1v) is 15.2.